The largest absolute Gasteiger partial charge is 0.393 e. The van der Waals surface area contributed by atoms with Crippen LogP contribution in [0.1, 0.15) is 13.3 Å². The molecule has 1 aromatic heterocycles. The van der Waals surface area contributed by atoms with Gasteiger partial charge < -0.3 is 10.0 Å². The van der Waals surface area contributed by atoms with E-state index in [2.05, 4.69) is 4.98 Å². The summed E-state index contributed by atoms with van der Waals surface area (Å²) in [6, 6.07) is 1.31. The Labute approximate surface area is 109 Å². The van der Waals surface area contributed by atoms with Crippen molar-refractivity contribution in [3.63, 3.8) is 0 Å². The lowest BCUT2D eigenvalue weighted by molar-refractivity contribution is -0.385. The van der Waals surface area contributed by atoms with Crippen molar-refractivity contribution in [2.75, 3.05) is 18.0 Å². The summed E-state index contributed by atoms with van der Waals surface area (Å²) in [4.78, 5) is 16.1. The summed E-state index contributed by atoms with van der Waals surface area (Å²) in [5, 5.41) is 20.5. The van der Waals surface area contributed by atoms with E-state index < -0.39 is 4.92 Å². The van der Waals surface area contributed by atoms with Crippen molar-refractivity contribution >= 4 is 23.1 Å². The van der Waals surface area contributed by atoms with E-state index >= 15 is 0 Å². The Morgan fingerprint density at radius 2 is 2.39 bits per heavy atom. The van der Waals surface area contributed by atoms with E-state index in [-0.39, 0.29) is 22.7 Å². The lowest BCUT2D eigenvalue weighted by Crippen LogP contribution is -2.42. The van der Waals surface area contributed by atoms with Crippen molar-refractivity contribution in [1.82, 2.24) is 4.98 Å². The van der Waals surface area contributed by atoms with Gasteiger partial charge in [0.1, 0.15) is 12.0 Å². The van der Waals surface area contributed by atoms with Gasteiger partial charge in [-0.05, 0) is 12.3 Å². The maximum absolute atomic E-state index is 10.6. The number of aliphatic hydroxyl groups excluding tert-OH is 1. The Morgan fingerprint density at radius 3 is 2.94 bits per heavy atom. The smallest absolute Gasteiger partial charge is 0.289 e. The minimum absolute atomic E-state index is 0.117. The Bertz CT molecular complexity index is 469. The Balaban J connectivity index is 2.21. The van der Waals surface area contributed by atoms with Gasteiger partial charge in [0.05, 0.1) is 16.0 Å². The fourth-order valence-electron chi connectivity index (χ4n) is 2.08. The first-order valence-corrected chi connectivity index (χ1v) is 6.09. The van der Waals surface area contributed by atoms with Gasteiger partial charge in [0.25, 0.3) is 5.69 Å². The van der Waals surface area contributed by atoms with Crippen molar-refractivity contribution in [3.05, 3.63) is 27.4 Å². The van der Waals surface area contributed by atoms with E-state index in [4.69, 9.17) is 11.6 Å². The van der Waals surface area contributed by atoms with E-state index in [1.165, 1.54) is 12.3 Å². The monoisotopic (exact) mass is 271 g/mol. The molecule has 2 unspecified atom stereocenters. The topological polar surface area (TPSA) is 79.5 Å². The molecule has 1 fully saturated rings. The van der Waals surface area contributed by atoms with Crippen LogP contribution in [0.25, 0.3) is 0 Å². The average Bonchev–Trinajstić information content (AvgIpc) is 2.32. The highest BCUT2D eigenvalue weighted by Gasteiger charge is 2.26. The maximum Gasteiger partial charge on any atom is 0.289 e. The number of aromatic nitrogens is 1. The van der Waals surface area contributed by atoms with Crippen LogP contribution < -0.4 is 4.90 Å². The van der Waals surface area contributed by atoms with Crippen molar-refractivity contribution < 1.29 is 10.0 Å². The fraction of sp³-hybridized carbons (Fsp3) is 0.545. The third-order valence-corrected chi connectivity index (χ3v) is 3.46. The van der Waals surface area contributed by atoms with Crippen LogP contribution in [0.2, 0.25) is 5.02 Å². The number of nitro groups is 1. The molecule has 98 valence electrons. The zero-order chi connectivity index (χ0) is 13.3. The van der Waals surface area contributed by atoms with Gasteiger partial charge in [0.15, 0.2) is 0 Å². The van der Waals surface area contributed by atoms with Crippen LogP contribution in [0.3, 0.4) is 0 Å². The number of aliphatic hydroxyl groups is 1. The highest BCUT2D eigenvalue weighted by molar-refractivity contribution is 6.33. The minimum atomic E-state index is -0.523. The number of anilines is 1. The van der Waals surface area contributed by atoms with Crippen LogP contribution in [-0.4, -0.2) is 34.2 Å². The standard InChI is InChI=1S/C11H14ClN3O3/c1-7-6-14(3-2-10(7)16)11-9(12)4-8(5-13-11)15(17)18/h4-5,7,10,16H,2-3,6H2,1H3. The van der Waals surface area contributed by atoms with E-state index in [0.29, 0.717) is 25.3 Å². The highest BCUT2D eigenvalue weighted by Crippen LogP contribution is 2.30. The van der Waals surface area contributed by atoms with Crippen molar-refractivity contribution in [1.29, 1.82) is 0 Å². The van der Waals surface area contributed by atoms with Gasteiger partial charge in [-0.2, -0.15) is 0 Å². The zero-order valence-electron chi connectivity index (χ0n) is 9.91. The molecule has 0 radical (unpaired) electrons. The molecule has 7 heteroatoms. The molecule has 2 atom stereocenters. The quantitative estimate of drug-likeness (QED) is 0.656. The number of piperidine rings is 1. The van der Waals surface area contributed by atoms with Gasteiger partial charge in [-0.25, -0.2) is 4.98 Å². The number of hydrogen-bond acceptors (Lipinski definition) is 5. The second-order valence-electron chi connectivity index (χ2n) is 4.54. The van der Waals surface area contributed by atoms with Crippen LogP contribution in [0.5, 0.6) is 0 Å². The van der Waals surface area contributed by atoms with Crippen LogP contribution in [0.4, 0.5) is 11.5 Å². The van der Waals surface area contributed by atoms with E-state index in [0.717, 1.165) is 0 Å². The first kappa shape index (κ1) is 13.0. The van der Waals surface area contributed by atoms with Crippen molar-refractivity contribution in [2.24, 2.45) is 5.92 Å². The summed E-state index contributed by atoms with van der Waals surface area (Å²) in [5.41, 5.74) is -0.117. The molecular formula is C11H14ClN3O3. The number of halogens is 1. The summed E-state index contributed by atoms with van der Waals surface area (Å²) in [5.74, 6) is 0.674. The van der Waals surface area contributed by atoms with E-state index in [1.807, 2.05) is 11.8 Å². The SMILES string of the molecule is CC1CN(c2ncc([N+](=O)[O-])cc2Cl)CCC1O. The van der Waals surface area contributed by atoms with Gasteiger partial charge in [0.2, 0.25) is 0 Å². The fourth-order valence-corrected chi connectivity index (χ4v) is 2.36. The van der Waals surface area contributed by atoms with Gasteiger partial charge in [-0.1, -0.05) is 18.5 Å². The summed E-state index contributed by atoms with van der Waals surface area (Å²) < 4.78 is 0. The molecule has 1 aliphatic rings. The number of nitrogens with zero attached hydrogens (tertiary/aromatic N) is 3. The van der Waals surface area contributed by atoms with Crippen LogP contribution >= 0.6 is 11.6 Å². The Hall–Kier alpha value is -1.40. The highest BCUT2D eigenvalue weighted by atomic mass is 35.5. The normalized spacial score (nSPS) is 24.1. The second-order valence-corrected chi connectivity index (χ2v) is 4.94. The molecule has 2 rings (SSSR count). The van der Waals surface area contributed by atoms with Crippen molar-refractivity contribution in [2.45, 2.75) is 19.4 Å². The molecule has 0 aromatic carbocycles. The van der Waals surface area contributed by atoms with Crippen LogP contribution in [0, 0.1) is 16.0 Å². The third-order valence-electron chi connectivity index (χ3n) is 3.18. The third kappa shape index (κ3) is 2.54. The maximum atomic E-state index is 10.6. The zero-order valence-corrected chi connectivity index (χ0v) is 10.7. The molecule has 0 saturated carbocycles. The Kier molecular flexibility index (Phi) is 3.68. The lowest BCUT2D eigenvalue weighted by Gasteiger charge is -2.35. The van der Waals surface area contributed by atoms with Gasteiger partial charge in [0, 0.05) is 19.2 Å². The molecule has 1 aromatic rings. The molecule has 0 amide bonds. The van der Waals surface area contributed by atoms with Crippen molar-refractivity contribution in [3.8, 4) is 0 Å². The summed E-state index contributed by atoms with van der Waals surface area (Å²) in [6.07, 6.45) is 1.55. The molecular weight excluding hydrogens is 258 g/mol. The van der Waals surface area contributed by atoms with Crippen LogP contribution in [0.15, 0.2) is 12.3 Å². The summed E-state index contributed by atoms with van der Waals surface area (Å²) in [7, 11) is 0. The second kappa shape index (κ2) is 5.07. The Morgan fingerprint density at radius 1 is 1.67 bits per heavy atom. The minimum Gasteiger partial charge on any atom is -0.393 e. The number of rotatable bonds is 2. The van der Waals surface area contributed by atoms with Gasteiger partial charge in [-0.15, -0.1) is 0 Å². The van der Waals surface area contributed by atoms with E-state index in [9.17, 15) is 15.2 Å². The summed E-state index contributed by atoms with van der Waals surface area (Å²) >= 11 is 6.02. The number of hydrogen-bond donors (Lipinski definition) is 1. The molecule has 0 aliphatic carbocycles. The van der Waals surface area contributed by atoms with Gasteiger partial charge >= 0.3 is 0 Å². The molecule has 1 aliphatic heterocycles. The molecule has 6 nitrogen and oxygen atoms in total. The number of pyridine rings is 1. The first-order chi connectivity index (χ1) is 8.49. The average molecular weight is 272 g/mol. The predicted molar refractivity (Wildman–Crippen MR) is 67.9 cm³/mol. The first-order valence-electron chi connectivity index (χ1n) is 5.72. The van der Waals surface area contributed by atoms with Crippen LogP contribution in [-0.2, 0) is 0 Å². The molecule has 0 spiro atoms. The molecule has 2 heterocycles. The molecule has 1 saturated heterocycles. The van der Waals surface area contributed by atoms with Gasteiger partial charge in [-0.3, -0.25) is 10.1 Å². The lowest BCUT2D eigenvalue weighted by atomic mass is 9.97. The molecule has 0 bridgehead atoms. The predicted octanol–water partition coefficient (Wildman–Crippen LogP) is 1.85. The molecule has 18 heavy (non-hydrogen) atoms. The molecule has 1 N–H and O–H groups in total. The summed E-state index contributed by atoms with van der Waals surface area (Å²) in [6.45, 7) is 3.25. The van der Waals surface area contributed by atoms with E-state index in [1.54, 1.807) is 0 Å².